The molecule has 0 radical (unpaired) electrons. The van der Waals surface area contributed by atoms with Crippen molar-refractivity contribution in [2.45, 2.75) is 90.6 Å². The summed E-state index contributed by atoms with van der Waals surface area (Å²) < 4.78 is 5.72. The quantitative estimate of drug-likeness (QED) is 0.163. The molecule has 0 aliphatic heterocycles. The summed E-state index contributed by atoms with van der Waals surface area (Å²) in [5.74, 6) is -0.0874. The van der Waals surface area contributed by atoms with E-state index >= 15 is 0 Å². The number of hydrogen-bond donors (Lipinski definition) is 0. The van der Waals surface area contributed by atoms with Crippen molar-refractivity contribution >= 4 is 5.97 Å². The summed E-state index contributed by atoms with van der Waals surface area (Å²) in [6.45, 7) is 4.22. The van der Waals surface area contributed by atoms with Gasteiger partial charge in [0.1, 0.15) is 6.10 Å². The Balaban J connectivity index is 1.42. The van der Waals surface area contributed by atoms with E-state index in [0.29, 0.717) is 6.42 Å². The average molecular weight is 471 g/mol. The van der Waals surface area contributed by atoms with E-state index < -0.39 is 0 Å². The second-order valence-electron chi connectivity index (χ2n) is 9.60. The van der Waals surface area contributed by atoms with E-state index in [2.05, 4.69) is 79.7 Å². The third-order valence-electron chi connectivity index (χ3n) is 6.75. The minimum absolute atomic E-state index is 0.0874. The summed E-state index contributed by atoms with van der Waals surface area (Å²) in [4.78, 5) is 12.3. The largest absolute Gasteiger partial charge is 0.458 e. The molecular formula is C33H42O2. The molecule has 1 unspecified atom stereocenters. The maximum Gasteiger partial charge on any atom is 0.306 e. The first-order valence-electron chi connectivity index (χ1n) is 13.6. The maximum atomic E-state index is 12.3. The Morgan fingerprint density at radius 2 is 1.11 bits per heavy atom. The van der Waals surface area contributed by atoms with Crippen molar-refractivity contribution in [2.24, 2.45) is 0 Å². The van der Waals surface area contributed by atoms with Gasteiger partial charge in [-0.15, -0.1) is 0 Å². The molecule has 0 saturated heterocycles. The van der Waals surface area contributed by atoms with Gasteiger partial charge in [-0.3, -0.25) is 4.79 Å². The molecule has 0 saturated carbocycles. The third-order valence-corrected chi connectivity index (χ3v) is 6.75. The Kier molecular flexibility index (Phi) is 11.6. The summed E-state index contributed by atoms with van der Waals surface area (Å²) in [7, 11) is 0. The normalized spacial score (nSPS) is 11.8. The predicted molar refractivity (Wildman–Crippen MR) is 148 cm³/mol. The van der Waals surface area contributed by atoms with Crippen molar-refractivity contribution in [3.8, 4) is 22.3 Å². The molecule has 0 N–H and O–H groups in total. The van der Waals surface area contributed by atoms with Gasteiger partial charge in [-0.25, -0.2) is 0 Å². The molecule has 35 heavy (non-hydrogen) atoms. The summed E-state index contributed by atoms with van der Waals surface area (Å²) >= 11 is 0. The number of carbonyl (C=O) groups excluding carboxylic acids is 1. The fourth-order valence-corrected chi connectivity index (χ4v) is 4.62. The first kappa shape index (κ1) is 26.7. The number of benzene rings is 3. The van der Waals surface area contributed by atoms with Crippen LogP contribution in [0, 0.1) is 0 Å². The van der Waals surface area contributed by atoms with E-state index in [1.807, 2.05) is 13.0 Å². The highest BCUT2D eigenvalue weighted by molar-refractivity contribution is 5.83. The van der Waals surface area contributed by atoms with Crippen LogP contribution in [-0.4, -0.2) is 5.97 Å². The lowest BCUT2D eigenvalue weighted by Crippen LogP contribution is -2.08. The molecule has 0 spiro atoms. The Bertz CT molecular complexity index is 991. The first-order chi connectivity index (χ1) is 17.2. The zero-order valence-electron chi connectivity index (χ0n) is 21.7. The topological polar surface area (TPSA) is 26.3 Å². The summed E-state index contributed by atoms with van der Waals surface area (Å²) in [6.07, 6.45) is 13.0. The first-order valence-corrected chi connectivity index (χ1v) is 13.6. The van der Waals surface area contributed by atoms with E-state index in [9.17, 15) is 4.79 Å². The molecule has 1 atom stereocenters. The Hall–Kier alpha value is -2.87. The highest BCUT2D eigenvalue weighted by Crippen LogP contribution is 2.32. The van der Waals surface area contributed by atoms with Crippen LogP contribution in [0.3, 0.4) is 0 Å². The van der Waals surface area contributed by atoms with Gasteiger partial charge in [0.2, 0.25) is 0 Å². The van der Waals surface area contributed by atoms with E-state index in [4.69, 9.17) is 4.74 Å². The van der Waals surface area contributed by atoms with Crippen molar-refractivity contribution in [1.29, 1.82) is 0 Å². The number of esters is 1. The summed E-state index contributed by atoms with van der Waals surface area (Å²) in [5, 5.41) is 0. The van der Waals surface area contributed by atoms with Crippen molar-refractivity contribution < 1.29 is 9.53 Å². The lowest BCUT2D eigenvalue weighted by atomic mass is 9.94. The molecule has 3 rings (SSSR count). The zero-order chi connectivity index (χ0) is 24.7. The van der Waals surface area contributed by atoms with E-state index in [1.165, 1.54) is 68.1 Å². The maximum absolute atomic E-state index is 12.3. The zero-order valence-corrected chi connectivity index (χ0v) is 21.7. The fraction of sp³-hybridized carbons (Fsp3) is 0.424. The van der Waals surface area contributed by atoms with E-state index in [-0.39, 0.29) is 12.1 Å². The Morgan fingerprint density at radius 1 is 0.629 bits per heavy atom. The molecule has 0 aliphatic carbocycles. The van der Waals surface area contributed by atoms with Crippen molar-refractivity contribution in [3.05, 3.63) is 84.4 Å². The van der Waals surface area contributed by atoms with Gasteiger partial charge in [0.05, 0.1) is 0 Å². The Labute approximate surface area is 212 Å². The van der Waals surface area contributed by atoms with Crippen LogP contribution >= 0.6 is 0 Å². The van der Waals surface area contributed by atoms with E-state index in [1.54, 1.807) is 0 Å². The van der Waals surface area contributed by atoms with Gasteiger partial charge < -0.3 is 4.74 Å². The lowest BCUT2D eigenvalue weighted by molar-refractivity contribution is -0.148. The van der Waals surface area contributed by atoms with Crippen LogP contribution < -0.4 is 0 Å². The summed E-state index contributed by atoms with van der Waals surface area (Å²) in [6, 6.07) is 27.4. The Morgan fingerprint density at radius 3 is 1.69 bits per heavy atom. The van der Waals surface area contributed by atoms with Crippen molar-refractivity contribution in [1.82, 2.24) is 0 Å². The van der Waals surface area contributed by atoms with Gasteiger partial charge in [0.15, 0.2) is 0 Å². The van der Waals surface area contributed by atoms with E-state index in [0.717, 1.165) is 24.0 Å². The molecule has 0 heterocycles. The lowest BCUT2D eigenvalue weighted by Gasteiger charge is -2.15. The fourth-order valence-electron chi connectivity index (χ4n) is 4.62. The number of unbranched alkanes of at least 4 members (excludes halogenated alkanes) is 9. The van der Waals surface area contributed by atoms with Gasteiger partial charge in [-0.05, 0) is 41.2 Å². The highest BCUT2D eigenvalue weighted by atomic mass is 16.5. The van der Waals surface area contributed by atoms with Crippen LogP contribution in [0.2, 0.25) is 0 Å². The van der Waals surface area contributed by atoms with Crippen LogP contribution in [0.5, 0.6) is 0 Å². The van der Waals surface area contributed by atoms with Crippen LogP contribution in [0.15, 0.2) is 78.9 Å². The predicted octanol–water partition coefficient (Wildman–Crippen LogP) is 9.94. The number of rotatable bonds is 15. The van der Waals surface area contributed by atoms with Crippen LogP contribution in [0.1, 0.15) is 96.1 Å². The van der Waals surface area contributed by atoms with Gasteiger partial charge in [-0.2, -0.15) is 0 Å². The number of hydrogen-bond acceptors (Lipinski definition) is 2. The molecule has 2 nitrogen and oxygen atoms in total. The van der Waals surface area contributed by atoms with Crippen LogP contribution in [-0.2, 0) is 9.53 Å². The average Bonchev–Trinajstić information content (AvgIpc) is 2.90. The van der Waals surface area contributed by atoms with Crippen LogP contribution in [0.4, 0.5) is 0 Å². The molecule has 0 aromatic heterocycles. The molecule has 0 fully saturated rings. The molecule has 0 aliphatic rings. The third kappa shape index (κ3) is 9.02. The second-order valence-corrected chi connectivity index (χ2v) is 9.60. The smallest absolute Gasteiger partial charge is 0.306 e. The highest BCUT2D eigenvalue weighted by Gasteiger charge is 2.13. The SMILES string of the molecule is CCCCCCCCCCCCC(=O)OC(C)c1ccc(-c2ccccc2-c2ccccc2)cc1. The number of ether oxygens (including phenoxy) is 1. The van der Waals surface area contributed by atoms with Gasteiger partial charge >= 0.3 is 5.97 Å². The summed E-state index contributed by atoms with van der Waals surface area (Å²) in [5.41, 5.74) is 5.83. The monoisotopic (exact) mass is 470 g/mol. The second kappa shape index (κ2) is 15.2. The molecule has 0 amide bonds. The van der Waals surface area contributed by atoms with Crippen molar-refractivity contribution in [2.75, 3.05) is 0 Å². The van der Waals surface area contributed by atoms with Gasteiger partial charge in [0.25, 0.3) is 0 Å². The van der Waals surface area contributed by atoms with Crippen LogP contribution in [0.25, 0.3) is 22.3 Å². The number of carbonyl (C=O) groups is 1. The molecule has 2 heteroatoms. The molecule has 0 bridgehead atoms. The molecule has 186 valence electrons. The molecule has 3 aromatic rings. The van der Waals surface area contributed by atoms with Gasteiger partial charge in [0, 0.05) is 6.42 Å². The standard InChI is InChI=1S/C33H42O2/c1-3-4-5-6-7-8-9-10-11-15-22-33(34)35-27(2)28-23-25-30(26-24-28)32-21-17-16-20-31(32)29-18-13-12-14-19-29/h12-14,16-21,23-27H,3-11,15,22H2,1-2H3. The minimum atomic E-state index is -0.232. The minimum Gasteiger partial charge on any atom is -0.458 e. The van der Waals surface area contributed by atoms with Gasteiger partial charge in [-0.1, -0.05) is 144 Å². The molecular weight excluding hydrogens is 428 g/mol. The van der Waals surface area contributed by atoms with Crippen molar-refractivity contribution in [3.63, 3.8) is 0 Å². The molecule has 3 aromatic carbocycles.